The highest BCUT2D eigenvalue weighted by atomic mass is 16.6. The van der Waals surface area contributed by atoms with Crippen molar-refractivity contribution in [3.8, 4) is 22.6 Å². The Bertz CT molecular complexity index is 4020. The van der Waals surface area contributed by atoms with Gasteiger partial charge in [0.05, 0.1) is 76.3 Å². The Kier molecular flexibility index (Phi) is 17.9. The van der Waals surface area contributed by atoms with Crippen LogP contribution in [0.3, 0.4) is 0 Å². The van der Waals surface area contributed by atoms with Crippen LogP contribution in [0.25, 0.3) is 33.7 Å². The lowest BCUT2D eigenvalue weighted by Crippen LogP contribution is -2.81. The first kappa shape index (κ1) is 66.0. The number of aryl methyl sites for hydroxylation is 2. The van der Waals surface area contributed by atoms with E-state index < -0.39 is 118 Å². The van der Waals surface area contributed by atoms with Crippen molar-refractivity contribution in [3.63, 3.8) is 0 Å². The fourth-order valence-electron chi connectivity index (χ4n) is 13.8. The van der Waals surface area contributed by atoms with Gasteiger partial charge < -0.3 is 59.7 Å². The fourth-order valence-corrected chi connectivity index (χ4v) is 13.8. The second kappa shape index (κ2) is 24.9. The summed E-state index contributed by atoms with van der Waals surface area (Å²) in [6.45, 7) is 18.1. The molecule has 11 atom stereocenters. The van der Waals surface area contributed by atoms with Crippen LogP contribution in [-0.2, 0) is 51.5 Å². The maximum Gasteiger partial charge on any atom is 0.408 e. The molecule has 24 nitrogen and oxygen atoms in total. The molecule has 3 aliphatic carbocycles. The zero-order chi connectivity index (χ0) is 66.7. The number of nitrogens with two attached hydrogens (primary N) is 1. The van der Waals surface area contributed by atoms with Crippen LogP contribution in [0.1, 0.15) is 138 Å². The van der Waals surface area contributed by atoms with E-state index in [4.69, 9.17) is 39.5 Å². The van der Waals surface area contributed by atoms with Crippen molar-refractivity contribution >= 4 is 46.7 Å². The minimum atomic E-state index is -2.35. The lowest BCUT2D eigenvalue weighted by Gasteiger charge is -2.67. The minimum Gasteiger partial charge on any atom is -0.456 e. The SMILES string of the molecule is CC(=O)O[C@@]12CO[C@@H]1C[C@H](O)[C@@]1(C)C(=O)[C@H](O)C3=C(C)[C@@H](OC(=O)[C@H](O)[C@@H](NC(=O)OC(C)(C)C)c4ccccc4)C[C@@](O)([C@@H](OC(=O)c4ccccc4)[C@H]21)C3(C)C.CCc1cc(C(N)=O)ccc1-n1nc(C(C)C)c2c(-n3cnc(-c4cnn(C)c4)c3)ccnc21. The van der Waals surface area contributed by atoms with Gasteiger partial charge >= 0.3 is 24.0 Å². The van der Waals surface area contributed by atoms with E-state index in [0.717, 1.165) is 58.3 Å². The number of aliphatic hydroxyl groups is 4. The Morgan fingerprint density at radius 3 is 2.20 bits per heavy atom. The number of Topliss-reactive ketones (excluding diaryl/α,β-unsaturated/α-hetero) is 1. The molecule has 2 bridgehead atoms. The Morgan fingerprint density at radius 1 is 0.913 bits per heavy atom. The topological polar surface area (TPSA) is 334 Å². The average Bonchev–Trinajstić information content (AvgIpc) is 0.817. The van der Waals surface area contributed by atoms with Gasteiger partial charge in [0.1, 0.15) is 35.6 Å². The lowest BCUT2D eigenvalue weighted by molar-refractivity contribution is -0.346. The number of nitrogens with one attached hydrogen (secondary N) is 1. The molecule has 486 valence electrons. The summed E-state index contributed by atoms with van der Waals surface area (Å²) >= 11 is 0. The molecule has 0 spiro atoms. The molecule has 5 heterocycles. The largest absolute Gasteiger partial charge is 0.456 e. The second-order valence-corrected chi connectivity index (χ2v) is 26.2. The first-order valence-electron chi connectivity index (χ1n) is 30.5. The number of benzene rings is 3. The summed E-state index contributed by atoms with van der Waals surface area (Å²) in [4.78, 5) is 89.9. The van der Waals surface area contributed by atoms with Crippen molar-refractivity contribution in [2.45, 2.75) is 161 Å². The lowest BCUT2D eigenvalue weighted by atomic mass is 9.44. The van der Waals surface area contributed by atoms with E-state index in [1.807, 2.05) is 53.8 Å². The molecule has 2 amide bonds. The van der Waals surface area contributed by atoms with Gasteiger partial charge in [0, 0.05) is 61.9 Å². The third-order valence-electron chi connectivity index (χ3n) is 18.5. The Labute approximate surface area is 531 Å². The number of rotatable bonds is 14. The quantitative estimate of drug-likeness (QED) is 0.0361. The van der Waals surface area contributed by atoms with Crippen molar-refractivity contribution in [3.05, 3.63) is 155 Å². The smallest absolute Gasteiger partial charge is 0.408 e. The van der Waals surface area contributed by atoms with Crippen molar-refractivity contribution in [1.82, 2.24) is 39.4 Å². The molecule has 11 rings (SSSR count). The average molecular weight is 1260 g/mol. The van der Waals surface area contributed by atoms with E-state index in [9.17, 15) is 49.2 Å². The first-order chi connectivity index (χ1) is 43.4. The molecule has 24 heteroatoms. The van der Waals surface area contributed by atoms with Gasteiger partial charge in [0.25, 0.3) is 0 Å². The van der Waals surface area contributed by atoms with Gasteiger partial charge in [-0.1, -0.05) is 83.1 Å². The van der Waals surface area contributed by atoms with E-state index in [1.54, 1.807) is 113 Å². The molecule has 2 saturated carbocycles. The number of carbonyl (C=O) groups excluding carboxylic acids is 6. The molecule has 3 aromatic carbocycles. The zero-order valence-electron chi connectivity index (χ0n) is 53.5. The maximum absolute atomic E-state index is 14.9. The van der Waals surface area contributed by atoms with E-state index >= 15 is 0 Å². The molecule has 1 aliphatic heterocycles. The van der Waals surface area contributed by atoms with Gasteiger partial charge in [-0.05, 0) is 106 Å². The van der Waals surface area contributed by atoms with Crippen molar-refractivity contribution in [2.75, 3.05) is 6.61 Å². The van der Waals surface area contributed by atoms with Crippen LogP contribution >= 0.6 is 0 Å². The summed E-state index contributed by atoms with van der Waals surface area (Å²) < 4.78 is 35.1. The number of aliphatic hydroxyl groups excluding tert-OH is 3. The number of ketones is 1. The van der Waals surface area contributed by atoms with Crippen LogP contribution in [0.15, 0.2) is 127 Å². The second-order valence-electron chi connectivity index (χ2n) is 26.2. The first-order valence-corrected chi connectivity index (χ1v) is 30.5. The van der Waals surface area contributed by atoms with Crippen LogP contribution in [0.2, 0.25) is 0 Å². The summed E-state index contributed by atoms with van der Waals surface area (Å²) in [5.74, 6) is -5.64. The van der Waals surface area contributed by atoms with Gasteiger partial charge in [0.2, 0.25) is 5.91 Å². The van der Waals surface area contributed by atoms with E-state index in [1.165, 1.54) is 26.0 Å². The number of hydrogen-bond donors (Lipinski definition) is 6. The highest BCUT2D eigenvalue weighted by molar-refractivity contribution is 5.95. The number of primary amides is 1. The Hall–Kier alpha value is -8.94. The summed E-state index contributed by atoms with van der Waals surface area (Å²) in [6, 6.07) is 22.1. The van der Waals surface area contributed by atoms with E-state index in [-0.39, 0.29) is 35.7 Å². The minimum absolute atomic E-state index is 0.0637. The van der Waals surface area contributed by atoms with Gasteiger partial charge in [-0.25, -0.2) is 29.0 Å². The number of hydrogen-bond acceptors (Lipinski definition) is 19. The third-order valence-corrected chi connectivity index (χ3v) is 18.5. The van der Waals surface area contributed by atoms with Crippen LogP contribution in [-0.4, -0.2) is 150 Å². The molecule has 0 radical (unpaired) electrons. The number of fused-ring (bicyclic) bond motifs is 6. The van der Waals surface area contributed by atoms with E-state index in [2.05, 4.69) is 29.2 Å². The molecule has 4 aromatic heterocycles. The maximum atomic E-state index is 14.9. The number of aromatic nitrogens is 7. The number of carbonyl (C=O) groups is 6. The number of nitrogens with zero attached hydrogens (tertiary/aromatic N) is 7. The molecule has 1 saturated heterocycles. The highest BCUT2D eigenvalue weighted by Crippen LogP contribution is 2.64. The fraction of sp³-hybridized carbons (Fsp3) is 0.441. The van der Waals surface area contributed by atoms with Crippen LogP contribution in [0.4, 0.5) is 4.79 Å². The van der Waals surface area contributed by atoms with Gasteiger partial charge in [-0.2, -0.15) is 10.2 Å². The van der Waals surface area contributed by atoms with Crippen LogP contribution in [0, 0.1) is 16.7 Å². The number of imidazole rings is 1. The molecule has 7 N–H and O–H groups in total. The Balaban J connectivity index is 0.000000230. The van der Waals surface area contributed by atoms with Gasteiger partial charge in [-0.15, -0.1) is 0 Å². The predicted molar refractivity (Wildman–Crippen MR) is 334 cm³/mol. The molecule has 4 aliphatic rings. The summed E-state index contributed by atoms with van der Waals surface area (Å²) in [6.07, 6.45) is -1.44. The van der Waals surface area contributed by atoms with Crippen LogP contribution < -0.4 is 11.1 Å². The number of amides is 2. The molecular weight excluding hydrogens is 1180 g/mol. The van der Waals surface area contributed by atoms with Crippen molar-refractivity contribution in [2.24, 2.45) is 29.5 Å². The van der Waals surface area contributed by atoms with Crippen molar-refractivity contribution < 1.29 is 72.9 Å². The summed E-state index contributed by atoms with van der Waals surface area (Å²) in [5.41, 5.74) is 4.15. The zero-order valence-corrected chi connectivity index (χ0v) is 53.5. The number of pyridine rings is 1. The summed E-state index contributed by atoms with van der Waals surface area (Å²) in [7, 11) is 1.89. The number of esters is 3. The number of alkyl carbamates (subject to hydrolysis) is 1. The molecule has 0 unspecified atom stereocenters. The standard InChI is InChI=1S/C43H53NO14.C25H26N8O/c1-22-26(55-37(51)32(48)30(24-15-11-9-12-16-24)44-38(52)58-39(3,4)5)20-43(53)35(56-36(50)25-17-13-10-14-18-25)33-41(8,34(49)31(47)29(22)40(43,6)7)27(46)19-28-42(33,21-54-28)57-23(2)45;1-5-16-10-17(24(26)34)6-7-20(16)33-25-22(23(30-33)15(2)3)21(8-9-27-25)32-13-19(28-14-32)18-11-29-31(4)12-18/h9-18,26-28,30-33,35,46-48,53H,19-21H2,1-8H3,(H,44,52);6-15H,5H2,1-4H3,(H2,26,34)/t26-,27-,28+,30-,31+,32+,33-,35-,41+,42-,43+;/m0./s1. The predicted octanol–water partition coefficient (Wildman–Crippen LogP) is 7.05. The molecule has 7 aromatic rings. The molecular formula is C68H79N9O15. The Morgan fingerprint density at radius 2 is 1.60 bits per heavy atom. The third kappa shape index (κ3) is 11.8. The normalized spacial score (nSPS) is 25.5. The monoisotopic (exact) mass is 1260 g/mol. The van der Waals surface area contributed by atoms with E-state index in [0.29, 0.717) is 11.1 Å². The highest BCUT2D eigenvalue weighted by Gasteiger charge is 2.78. The van der Waals surface area contributed by atoms with Crippen LogP contribution in [0.5, 0.6) is 0 Å². The van der Waals surface area contributed by atoms with Gasteiger partial charge in [0.15, 0.2) is 23.1 Å². The van der Waals surface area contributed by atoms with Crippen molar-refractivity contribution in [1.29, 1.82) is 0 Å². The molecule has 92 heavy (non-hydrogen) atoms. The number of ether oxygens (including phenoxy) is 5. The molecule has 3 fully saturated rings. The van der Waals surface area contributed by atoms with Gasteiger partial charge in [-0.3, -0.25) is 19.1 Å². The summed E-state index contributed by atoms with van der Waals surface area (Å²) in [5, 5.41) is 61.8.